The number of thiazole rings is 1. The minimum Gasteiger partial charge on any atom is -0.494 e. The molecule has 0 amide bonds. The average molecular weight is 279 g/mol. The van der Waals surface area contributed by atoms with Crippen LogP contribution in [0.15, 0.2) is 36.5 Å². The number of anilines is 1. The molecule has 0 fully saturated rings. The molecule has 1 N–H and O–H groups in total. The number of aromatic nitrogens is 1. The van der Waals surface area contributed by atoms with Crippen LogP contribution in [0.3, 0.4) is 0 Å². The number of benzene rings is 1. The van der Waals surface area contributed by atoms with Gasteiger partial charge in [-0.3, -0.25) is 10.1 Å². The molecule has 7 heteroatoms. The van der Waals surface area contributed by atoms with Crippen LogP contribution in [0.2, 0.25) is 0 Å². The molecular weight excluding hydrogens is 266 g/mol. The highest BCUT2D eigenvalue weighted by atomic mass is 32.1. The first-order valence-electron chi connectivity index (χ1n) is 5.77. The molecule has 0 atom stereocenters. The zero-order chi connectivity index (χ0) is 13.5. The van der Waals surface area contributed by atoms with Crippen LogP contribution in [0.25, 0.3) is 0 Å². The largest absolute Gasteiger partial charge is 0.494 e. The van der Waals surface area contributed by atoms with Crippen LogP contribution in [-0.2, 0) is 0 Å². The number of rotatable bonds is 7. The lowest BCUT2D eigenvalue weighted by atomic mass is 10.3. The SMILES string of the molecule is O=[N+]([O-])c1cnc(NCCCOc2ccccc2)s1. The molecule has 100 valence electrons. The van der Waals surface area contributed by atoms with Crippen LogP contribution in [0.5, 0.6) is 5.75 Å². The molecule has 0 radical (unpaired) electrons. The molecule has 0 spiro atoms. The number of nitrogens with zero attached hydrogens (tertiary/aromatic N) is 2. The molecule has 2 rings (SSSR count). The standard InChI is InChI=1S/C12H13N3O3S/c16-15(17)11-9-14-12(19-11)13-7-4-8-18-10-5-2-1-3-6-10/h1-3,5-6,9H,4,7-8H2,(H,13,14). The predicted molar refractivity (Wildman–Crippen MR) is 73.8 cm³/mol. The third-order valence-electron chi connectivity index (χ3n) is 2.28. The van der Waals surface area contributed by atoms with E-state index in [-0.39, 0.29) is 5.00 Å². The zero-order valence-electron chi connectivity index (χ0n) is 10.1. The summed E-state index contributed by atoms with van der Waals surface area (Å²) in [5.74, 6) is 0.840. The smallest absolute Gasteiger partial charge is 0.345 e. The summed E-state index contributed by atoms with van der Waals surface area (Å²) in [6.45, 7) is 1.25. The van der Waals surface area contributed by atoms with E-state index in [0.29, 0.717) is 18.3 Å². The summed E-state index contributed by atoms with van der Waals surface area (Å²) in [4.78, 5) is 14.0. The van der Waals surface area contributed by atoms with E-state index in [0.717, 1.165) is 23.5 Å². The van der Waals surface area contributed by atoms with E-state index in [1.165, 1.54) is 6.20 Å². The molecule has 0 bridgehead atoms. The van der Waals surface area contributed by atoms with Gasteiger partial charge in [-0.05, 0) is 29.9 Å². The molecule has 1 heterocycles. The summed E-state index contributed by atoms with van der Waals surface area (Å²) in [5.41, 5.74) is 0. The minimum atomic E-state index is -0.443. The van der Waals surface area contributed by atoms with E-state index >= 15 is 0 Å². The van der Waals surface area contributed by atoms with Gasteiger partial charge in [0, 0.05) is 6.54 Å². The summed E-state index contributed by atoms with van der Waals surface area (Å²) >= 11 is 1.03. The summed E-state index contributed by atoms with van der Waals surface area (Å²) in [6, 6.07) is 9.57. The van der Waals surface area contributed by atoms with Gasteiger partial charge < -0.3 is 10.1 Å². The van der Waals surface area contributed by atoms with Crippen molar-refractivity contribution in [2.45, 2.75) is 6.42 Å². The molecule has 1 aromatic heterocycles. The van der Waals surface area contributed by atoms with Crippen LogP contribution in [0.4, 0.5) is 10.1 Å². The summed E-state index contributed by atoms with van der Waals surface area (Å²) in [5, 5.41) is 14.1. The van der Waals surface area contributed by atoms with Gasteiger partial charge in [0.2, 0.25) is 0 Å². The lowest BCUT2D eigenvalue weighted by molar-refractivity contribution is -0.380. The lowest BCUT2D eigenvalue weighted by Gasteiger charge is -2.05. The quantitative estimate of drug-likeness (QED) is 0.479. The second-order valence-corrected chi connectivity index (χ2v) is 4.71. The predicted octanol–water partition coefficient (Wildman–Crippen LogP) is 2.93. The summed E-state index contributed by atoms with van der Waals surface area (Å²) < 4.78 is 5.52. The van der Waals surface area contributed by atoms with Gasteiger partial charge in [0.1, 0.15) is 11.9 Å². The van der Waals surface area contributed by atoms with Gasteiger partial charge in [-0.15, -0.1) is 0 Å². The Morgan fingerprint density at radius 1 is 1.37 bits per heavy atom. The Bertz CT molecular complexity index is 530. The number of nitrogens with one attached hydrogen (secondary N) is 1. The maximum absolute atomic E-state index is 10.5. The van der Waals surface area contributed by atoms with Crippen LogP contribution in [0.1, 0.15) is 6.42 Å². The number of para-hydroxylation sites is 1. The highest BCUT2D eigenvalue weighted by Gasteiger charge is 2.10. The third kappa shape index (κ3) is 4.22. The molecule has 2 aromatic rings. The summed E-state index contributed by atoms with van der Waals surface area (Å²) in [6.07, 6.45) is 2.05. The number of hydrogen-bond donors (Lipinski definition) is 1. The van der Waals surface area contributed by atoms with Gasteiger partial charge >= 0.3 is 5.00 Å². The maximum atomic E-state index is 10.5. The first-order valence-corrected chi connectivity index (χ1v) is 6.59. The molecule has 0 saturated carbocycles. The Labute approximate surface area is 114 Å². The Balaban J connectivity index is 1.65. The van der Waals surface area contributed by atoms with E-state index in [4.69, 9.17) is 4.74 Å². The van der Waals surface area contributed by atoms with Crippen molar-refractivity contribution in [1.29, 1.82) is 0 Å². The Hall–Kier alpha value is -2.15. The molecule has 19 heavy (non-hydrogen) atoms. The van der Waals surface area contributed by atoms with Crippen molar-refractivity contribution in [2.24, 2.45) is 0 Å². The topological polar surface area (TPSA) is 77.3 Å². The fourth-order valence-electron chi connectivity index (χ4n) is 1.41. The molecular formula is C12H13N3O3S. The molecule has 0 saturated heterocycles. The molecule has 0 aliphatic rings. The van der Waals surface area contributed by atoms with Gasteiger partial charge in [0.05, 0.1) is 11.5 Å². The van der Waals surface area contributed by atoms with E-state index < -0.39 is 4.92 Å². The van der Waals surface area contributed by atoms with E-state index in [1.807, 2.05) is 30.3 Å². The van der Waals surface area contributed by atoms with Crippen molar-refractivity contribution in [3.63, 3.8) is 0 Å². The number of nitro groups is 1. The fourth-order valence-corrected chi connectivity index (χ4v) is 2.06. The first kappa shape index (κ1) is 13.3. The van der Waals surface area contributed by atoms with Crippen molar-refractivity contribution in [3.05, 3.63) is 46.6 Å². The molecule has 0 unspecified atom stereocenters. The van der Waals surface area contributed by atoms with E-state index in [2.05, 4.69) is 10.3 Å². The monoisotopic (exact) mass is 279 g/mol. The van der Waals surface area contributed by atoms with Gasteiger partial charge in [0.15, 0.2) is 5.13 Å². The minimum absolute atomic E-state index is 0.0445. The number of ether oxygens (including phenoxy) is 1. The van der Waals surface area contributed by atoms with Gasteiger partial charge in [-0.1, -0.05) is 18.2 Å². The molecule has 0 aliphatic heterocycles. The fraction of sp³-hybridized carbons (Fsp3) is 0.250. The van der Waals surface area contributed by atoms with Gasteiger partial charge in [-0.2, -0.15) is 0 Å². The second-order valence-electron chi connectivity index (χ2n) is 3.70. The van der Waals surface area contributed by atoms with Crippen molar-refractivity contribution < 1.29 is 9.66 Å². The van der Waals surface area contributed by atoms with Crippen molar-refractivity contribution >= 4 is 21.5 Å². The van der Waals surface area contributed by atoms with Crippen LogP contribution in [-0.4, -0.2) is 23.1 Å². The Morgan fingerprint density at radius 3 is 2.84 bits per heavy atom. The van der Waals surface area contributed by atoms with Crippen LogP contribution < -0.4 is 10.1 Å². The maximum Gasteiger partial charge on any atom is 0.345 e. The summed E-state index contributed by atoms with van der Waals surface area (Å²) in [7, 11) is 0. The van der Waals surface area contributed by atoms with Crippen molar-refractivity contribution in [3.8, 4) is 5.75 Å². The molecule has 6 nitrogen and oxygen atoms in total. The average Bonchev–Trinajstić information content (AvgIpc) is 2.89. The molecule has 1 aromatic carbocycles. The van der Waals surface area contributed by atoms with Crippen LogP contribution >= 0.6 is 11.3 Å². The first-order chi connectivity index (χ1) is 9.25. The second kappa shape index (κ2) is 6.69. The number of hydrogen-bond acceptors (Lipinski definition) is 6. The highest BCUT2D eigenvalue weighted by Crippen LogP contribution is 2.24. The van der Waals surface area contributed by atoms with Crippen molar-refractivity contribution in [2.75, 3.05) is 18.5 Å². The van der Waals surface area contributed by atoms with Gasteiger partial charge in [-0.25, -0.2) is 4.98 Å². The normalized spacial score (nSPS) is 10.1. The Kier molecular flexibility index (Phi) is 4.68. The molecule has 0 aliphatic carbocycles. The zero-order valence-corrected chi connectivity index (χ0v) is 10.9. The van der Waals surface area contributed by atoms with Crippen LogP contribution in [0, 0.1) is 10.1 Å². The van der Waals surface area contributed by atoms with Crippen molar-refractivity contribution in [1.82, 2.24) is 4.98 Å². The highest BCUT2D eigenvalue weighted by molar-refractivity contribution is 7.18. The third-order valence-corrected chi connectivity index (χ3v) is 3.19. The van der Waals surface area contributed by atoms with Gasteiger partial charge in [0.25, 0.3) is 0 Å². The van der Waals surface area contributed by atoms with E-state index in [1.54, 1.807) is 0 Å². The van der Waals surface area contributed by atoms with E-state index in [9.17, 15) is 10.1 Å². The lowest BCUT2D eigenvalue weighted by Crippen LogP contribution is -2.06. The Morgan fingerprint density at radius 2 is 2.16 bits per heavy atom.